The van der Waals surface area contributed by atoms with Gasteiger partial charge in [-0.3, -0.25) is 4.90 Å². The molecule has 20 heavy (non-hydrogen) atoms. The van der Waals surface area contributed by atoms with Crippen molar-refractivity contribution in [3.8, 4) is 0 Å². The van der Waals surface area contributed by atoms with Crippen LogP contribution in [0.5, 0.6) is 0 Å². The molecular formula is C14H22N4OS. The number of rotatable bonds is 5. The summed E-state index contributed by atoms with van der Waals surface area (Å²) in [4.78, 5) is 13.5. The summed E-state index contributed by atoms with van der Waals surface area (Å²) in [5, 5.41) is 1.00. The highest BCUT2D eigenvalue weighted by molar-refractivity contribution is 7.18. The Kier molecular flexibility index (Phi) is 4.57. The average Bonchev–Trinajstić information content (AvgIpc) is 2.65. The molecule has 0 aromatic carbocycles. The van der Waals surface area contributed by atoms with Crippen molar-refractivity contribution < 1.29 is 4.74 Å². The highest BCUT2D eigenvalue weighted by atomic mass is 32.1. The molecule has 2 aromatic heterocycles. The minimum absolute atomic E-state index is 0.312. The quantitative estimate of drug-likeness (QED) is 0.917. The predicted octanol–water partition coefficient (Wildman–Crippen LogP) is 2.36. The van der Waals surface area contributed by atoms with E-state index in [2.05, 4.69) is 35.6 Å². The van der Waals surface area contributed by atoms with Gasteiger partial charge in [0.1, 0.15) is 16.5 Å². The van der Waals surface area contributed by atoms with E-state index in [0.29, 0.717) is 25.0 Å². The lowest BCUT2D eigenvalue weighted by Crippen LogP contribution is -2.32. The Morgan fingerprint density at radius 1 is 1.35 bits per heavy atom. The summed E-state index contributed by atoms with van der Waals surface area (Å²) in [5.41, 5.74) is 7.28. The number of ether oxygens (including phenoxy) is 1. The molecule has 5 nitrogen and oxygen atoms in total. The summed E-state index contributed by atoms with van der Waals surface area (Å²) < 4.78 is 5.17. The number of thiophene rings is 1. The Bertz CT molecular complexity index is 611. The van der Waals surface area contributed by atoms with Crippen molar-refractivity contribution in [1.82, 2.24) is 14.9 Å². The number of nitrogens with zero attached hydrogens (tertiary/aromatic N) is 3. The number of aryl methyl sites for hydroxylation is 2. The van der Waals surface area contributed by atoms with E-state index < -0.39 is 0 Å². The summed E-state index contributed by atoms with van der Waals surface area (Å²) in [6, 6.07) is 0.312. The van der Waals surface area contributed by atoms with Gasteiger partial charge in [0.15, 0.2) is 0 Å². The monoisotopic (exact) mass is 294 g/mol. The van der Waals surface area contributed by atoms with Crippen molar-refractivity contribution in [3.05, 3.63) is 16.3 Å². The summed E-state index contributed by atoms with van der Waals surface area (Å²) in [6.45, 7) is 7.63. The minimum atomic E-state index is 0.312. The van der Waals surface area contributed by atoms with Crippen molar-refractivity contribution in [2.75, 3.05) is 26.5 Å². The lowest BCUT2D eigenvalue weighted by molar-refractivity contribution is 0.110. The normalized spacial score (nSPS) is 13.3. The first-order chi connectivity index (χ1) is 9.43. The van der Waals surface area contributed by atoms with Crippen molar-refractivity contribution in [2.45, 2.75) is 33.4 Å². The van der Waals surface area contributed by atoms with Crippen molar-refractivity contribution in [1.29, 1.82) is 0 Å². The largest absolute Gasteiger partial charge is 0.383 e. The molecule has 2 heterocycles. The maximum atomic E-state index is 6.09. The summed E-state index contributed by atoms with van der Waals surface area (Å²) in [6.07, 6.45) is 0. The Morgan fingerprint density at radius 3 is 2.70 bits per heavy atom. The molecule has 0 amide bonds. The van der Waals surface area contributed by atoms with Crippen molar-refractivity contribution >= 4 is 27.4 Å². The molecule has 0 aliphatic carbocycles. The standard InChI is InChI=1S/C14H22N4OS/c1-8(7-19-5)18(4)6-11-16-13(15)12-9(2)10(3)20-14(12)17-11/h8H,6-7H2,1-5H3,(H2,15,16,17). The molecule has 1 unspecified atom stereocenters. The zero-order valence-corrected chi connectivity index (χ0v) is 13.5. The molecule has 0 radical (unpaired) electrons. The second kappa shape index (κ2) is 6.03. The van der Waals surface area contributed by atoms with Crippen LogP contribution in [-0.2, 0) is 11.3 Å². The second-order valence-electron chi connectivity index (χ2n) is 5.21. The van der Waals surface area contributed by atoms with Crippen LogP contribution in [0.15, 0.2) is 0 Å². The van der Waals surface area contributed by atoms with Crippen LogP contribution < -0.4 is 5.73 Å². The molecule has 2 aromatic rings. The molecule has 0 fully saturated rings. The van der Waals surface area contributed by atoms with Gasteiger partial charge in [0.05, 0.1) is 18.5 Å². The van der Waals surface area contributed by atoms with E-state index >= 15 is 0 Å². The number of fused-ring (bicyclic) bond motifs is 1. The van der Waals surface area contributed by atoms with E-state index in [0.717, 1.165) is 16.0 Å². The number of likely N-dealkylation sites (N-methyl/N-ethyl adjacent to an activating group) is 1. The van der Waals surface area contributed by atoms with Crippen LogP contribution in [0.1, 0.15) is 23.2 Å². The van der Waals surface area contributed by atoms with Crippen LogP contribution >= 0.6 is 11.3 Å². The van der Waals surface area contributed by atoms with Crippen LogP contribution in [0.3, 0.4) is 0 Å². The van der Waals surface area contributed by atoms with E-state index in [-0.39, 0.29) is 0 Å². The number of nitrogen functional groups attached to an aromatic ring is 1. The molecule has 2 rings (SSSR count). The van der Waals surface area contributed by atoms with Crippen molar-refractivity contribution in [3.63, 3.8) is 0 Å². The molecule has 0 aliphatic rings. The lowest BCUT2D eigenvalue weighted by atomic mass is 10.2. The van der Waals surface area contributed by atoms with Crippen LogP contribution in [-0.4, -0.2) is 41.7 Å². The number of hydrogen-bond donors (Lipinski definition) is 1. The fraction of sp³-hybridized carbons (Fsp3) is 0.571. The molecule has 0 bridgehead atoms. The van der Waals surface area contributed by atoms with Gasteiger partial charge >= 0.3 is 0 Å². The molecule has 0 spiro atoms. The van der Waals surface area contributed by atoms with Gasteiger partial charge in [-0.05, 0) is 33.4 Å². The smallest absolute Gasteiger partial charge is 0.146 e. The van der Waals surface area contributed by atoms with Gasteiger partial charge in [-0.15, -0.1) is 11.3 Å². The predicted molar refractivity (Wildman–Crippen MR) is 84.1 cm³/mol. The van der Waals surface area contributed by atoms with Crippen LogP contribution in [0.25, 0.3) is 10.2 Å². The van der Waals surface area contributed by atoms with Crippen molar-refractivity contribution in [2.24, 2.45) is 0 Å². The third kappa shape index (κ3) is 2.92. The third-order valence-electron chi connectivity index (χ3n) is 3.65. The maximum absolute atomic E-state index is 6.09. The van der Waals surface area contributed by atoms with Gasteiger partial charge in [0.25, 0.3) is 0 Å². The molecule has 0 saturated heterocycles. The van der Waals surface area contributed by atoms with Gasteiger partial charge in [0, 0.05) is 18.0 Å². The van der Waals surface area contributed by atoms with E-state index in [1.807, 2.05) is 7.05 Å². The zero-order chi connectivity index (χ0) is 14.9. The highest BCUT2D eigenvalue weighted by Gasteiger charge is 2.15. The van der Waals surface area contributed by atoms with Crippen LogP contribution in [0.4, 0.5) is 5.82 Å². The topological polar surface area (TPSA) is 64.3 Å². The van der Waals surface area contributed by atoms with Crippen LogP contribution in [0, 0.1) is 13.8 Å². The third-order valence-corrected chi connectivity index (χ3v) is 4.76. The fourth-order valence-corrected chi connectivity index (χ4v) is 3.20. The van der Waals surface area contributed by atoms with E-state index in [1.54, 1.807) is 18.4 Å². The highest BCUT2D eigenvalue weighted by Crippen LogP contribution is 2.31. The fourth-order valence-electron chi connectivity index (χ4n) is 2.14. The summed E-state index contributed by atoms with van der Waals surface area (Å²) in [5.74, 6) is 1.35. The summed E-state index contributed by atoms with van der Waals surface area (Å²) in [7, 11) is 3.75. The Labute approximate surface area is 123 Å². The van der Waals surface area contributed by atoms with Gasteiger partial charge in [-0.25, -0.2) is 9.97 Å². The Balaban J connectivity index is 2.28. The first kappa shape index (κ1) is 15.2. The number of hydrogen-bond acceptors (Lipinski definition) is 6. The average molecular weight is 294 g/mol. The second-order valence-corrected chi connectivity index (χ2v) is 6.41. The maximum Gasteiger partial charge on any atom is 0.146 e. The van der Waals surface area contributed by atoms with Gasteiger partial charge in [0.2, 0.25) is 0 Å². The minimum Gasteiger partial charge on any atom is -0.383 e. The summed E-state index contributed by atoms with van der Waals surface area (Å²) >= 11 is 1.68. The lowest BCUT2D eigenvalue weighted by Gasteiger charge is -2.23. The van der Waals surface area contributed by atoms with Crippen LogP contribution in [0.2, 0.25) is 0 Å². The zero-order valence-electron chi connectivity index (χ0n) is 12.7. The van der Waals surface area contributed by atoms with E-state index in [1.165, 1.54) is 10.4 Å². The van der Waals surface area contributed by atoms with Gasteiger partial charge < -0.3 is 10.5 Å². The molecule has 2 N–H and O–H groups in total. The van der Waals surface area contributed by atoms with Gasteiger partial charge in [-0.2, -0.15) is 0 Å². The SMILES string of the molecule is COCC(C)N(C)Cc1nc(N)c2c(C)c(C)sc2n1. The molecular weight excluding hydrogens is 272 g/mol. The molecule has 1 atom stereocenters. The number of methoxy groups -OCH3 is 1. The first-order valence-electron chi connectivity index (χ1n) is 6.65. The van der Waals surface area contributed by atoms with E-state index in [9.17, 15) is 0 Å². The first-order valence-corrected chi connectivity index (χ1v) is 7.47. The number of aromatic nitrogens is 2. The number of anilines is 1. The molecule has 0 aliphatic heterocycles. The molecule has 6 heteroatoms. The molecule has 0 saturated carbocycles. The van der Waals surface area contributed by atoms with E-state index in [4.69, 9.17) is 10.5 Å². The molecule has 110 valence electrons. The van der Waals surface area contributed by atoms with Gasteiger partial charge in [-0.1, -0.05) is 0 Å². The Hall–Kier alpha value is -1.24. The Morgan fingerprint density at radius 2 is 2.05 bits per heavy atom. The number of nitrogens with two attached hydrogens (primary N) is 1.